The second-order valence-electron chi connectivity index (χ2n) is 3.62. The summed E-state index contributed by atoms with van der Waals surface area (Å²) in [5, 5.41) is 0. The Morgan fingerprint density at radius 1 is 0.929 bits per heavy atom. The molecule has 80 valence electrons. The van der Waals surface area contributed by atoms with Gasteiger partial charge in [-0.25, -0.2) is 0 Å². The number of hydrogen-bond donors (Lipinski definition) is 0. The Morgan fingerprint density at radius 2 is 1.29 bits per heavy atom. The summed E-state index contributed by atoms with van der Waals surface area (Å²) in [5.74, 6) is 0. The van der Waals surface area contributed by atoms with Crippen molar-refractivity contribution in [1.29, 1.82) is 0 Å². The van der Waals surface area contributed by atoms with Crippen LogP contribution >= 0.6 is 0 Å². The van der Waals surface area contributed by atoms with E-state index in [1.54, 1.807) is 0 Å². The molecule has 14 heavy (non-hydrogen) atoms. The summed E-state index contributed by atoms with van der Waals surface area (Å²) >= 11 is 0. The molecule has 0 fully saturated rings. The van der Waals surface area contributed by atoms with Gasteiger partial charge in [0.25, 0.3) is 0 Å². The Labute approximate surface area is 121 Å². The van der Waals surface area contributed by atoms with Gasteiger partial charge in [-0.3, -0.25) is 0 Å². The third kappa shape index (κ3) is 4.72. The van der Waals surface area contributed by atoms with Crippen molar-refractivity contribution < 1.29 is 58.9 Å². The first-order chi connectivity index (χ1) is 4.45. The van der Waals surface area contributed by atoms with Gasteiger partial charge >= 0.3 is 21.7 Å². The smallest absolute Gasteiger partial charge is 1.00 e. The van der Waals surface area contributed by atoms with E-state index in [-0.39, 0.29) is 64.4 Å². The van der Waals surface area contributed by atoms with E-state index in [0.29, 0.717) is 0 Å². The molecule has 0 unspecified atom stereocenters. The second kappa shape index (κ2) is 8.24. The molecule has 0 saturated carbocycles. The third-order valence-electron chi connectivity index (χ3n) is 2.56. The van der Waals surface area contributed by atoms with Crippen LogP contribution in [0.4, 0.5) is 0 Å². The molecule has 0 spiro atoms. The summed E-state index contributed by atoms with van der Waals surface area (Å²) < 4.78 is 0. The monoisotopic (exact) mass is 288 g/mol. The van der Waals surface area contributed by atoms with E-state index in [1.807, 2.05) is 0 Å². The first-order valence-corrected chi connectivity index (χ1v) is 3.75. The normalized spacial score (nSPS) is 16.8. The predicted octanol–water partition coefficient (Wildman–Crippen LogP) is -5.88. The van der Waals surface area contributed by atoms with Gasteiger partial charge in [0.1, 0.15) is 0 Å². The molecular formula is C10H15Cl3Ti. The van der Waals surface area contributed by atoms with Crippen LogP contribution in [0.3, 0.4) is 0 Å². The molecule has 4 heteroatoms. The Hall–Kier alpha value is 1.06. The molecule has 0 saturated heterocycles. The molecule has 0 amide bonds. The Balaban J connectivity index is -0.000000125. The average molecular weight is 289 g/mol. The molecule has 1 aliphatic carbocycles. The van der Waals surface area contributed by atoms with Crippen LogP contribution in [0.1, 0.15) is 34.6 Å². The van der Waals surface area contributed by atoms with Crippen LogP contribution in [0.2, 0.25) is 0 Å². The van der Waals surface area contributed by atoms with Gasteiger partial charge in [-0.15, -0.1) is 0 Å². The minimum Gasteiger partial charge on any atom is -1.00 e. The standard InChI is InChI=1S/C10H15.3ClH.Ti/c1-7-6-10(4,5)9(3)8(7)2;;;;/h1-5H3;3*1H;/q;;;;+3/p-3. The fourth-order valence-corrected chi connectivity index (χ4v) is 1.41. The van der Waals surface area contributed by atoms with E-state index in [4.69, 9.17) is 0 Å². The SMILES string of the molecule is CC1=[C]C(C)(C)C(C)=C1C.[Cl-].[Cl-].[Cl-].[Ti+3]. The quantitative estimate of drug-likeness (QED) is 0.390. The molecule has 0 aromatic heterocycles. The van der Waals surface area contributed by atoms with E-state index >= 15 is 0 Å². The van der Waals surface area contributed by atoms with Gasteiger partial charge in [-0.05, 0) is 38.0 Å². The first-order valence-electron chi connectivity index (χ1n) is 3.75. The summed E-state index contributed by atoms with van der Waals surface area (Å²) in [6.45, 7) is 10.9. The first kappa shape index (κ1) is 24.3. The number of allylic oxidation sites excluding steroid dienone is 4. The van der Waals surface area contributed by atoms with E-state index in [1.165, 1.54) is 16.7 Å². The van der Waals surface area contributed by atoms with Crippen molar-refractivity contribution in [3.8, 4) is 0 Å². The molecule has 0 aromatic rings. The minimum atomic E-state index is 0. The van der Waals surface area contributed by atoms with Gasteiger partial charge in [0.05, 0.1) is 0 Å². The zero-order valence-corrected chi connectivity index (χ0v) is 13.0. The Morgan fingerprint density at radius 3 is 1.36 bits per heavy atom. The van der Waals surface area contributed by atoms with Crippen molar-refractivity contribution in [1.82, 2.24) is 0 Å². The van der Waals surface area contributed by atoms with Gasteiger partial charge in [0.2, 0.25) is 0 Å². The van der Waals surface area contributed by atoms with E-state index in [2.05, 4.69) is 40.7 Å². The summed E-state index contributed by atoms with van der Waals surface area (Å²) in [4.78, 5) is 0. The van der Waals surface area contributed by atoms with E-state index in [0.717, 1.165) is 0 Å². The number of rotatable bonds is 0. The number of hydrogen-bond acceptors (Lipinski definition) is 0. The van der Waals surface area contributed by atoms with Crippen LogP contribution in [0.15, 0.2) is 16.7 Å². The minimum absolute atomic E-state index is 0. The van der Waals surface area contributed by atoms with Crippen molar-refractivity contribution in [3.63, 3.8) is 0 Å². The van der Waals surface area contributed by atoms with Crippen molar-refractivity contribution in [2.45, 2.75) is 34.6 Å². The Bertz CT molecular complexity index is 230. The van der Waals surface area contributed by atoms with E-state index < -0.39 is 0 Å². The van der Waals surface area contributed by atoms with Crippen molar-refractivity contribution in [3.05, 3.63) is 22.8 Å². The fraction of sp³-hybridized carbons (Fsp3) is 0.600. The zero-order valence-electron chi connectivity index (χ0n) is 9.13. The maximum Gasteiger partial charge on any atom is 3.00 e. The van der Waals surface area contributed by atoms with Crippen LogP contribution < -0.4 is 37.2 Å². The average Bonchev–Trinajstić information content (AvgIpc) is 1.95. The maximum atomic E-state index is 3.44. The molecule has 1 aliphatic rings. The summed E-state index contributed by atoms with van der Waals surface area (Å²) in [6, 6.07) is 0. The van der Waals surface area contributed by atoms with Gasteiger partial charge in [0.15, 0.2) is 0 Å². The molecule has 0 aliphatic heterocycles. The summed E-state index contributed by atoms with van der Waals surface area (Å²) in [7, 11) is 0. The molecule has 0 aromatic carbocycles. The van der Waals surface area contributed by atoms with Crippen molar-refractivity contribution in [2.24, 2.45) is 5.41 Å². The summed E-state index contributed by atoms with van der Waals surface area (Å²) in [6.07, 6.45) is 3.44. The molecule has 0 bridgehead atoms. The van der Waals surface area contributed by atoms with Crippen LogP contribution in [-0.4, -0.2) is 0 Å². The third-order valence-corrected chi connectivity index (χ3v) is 2.56. The van der Waals surface area contributed by atoms with E-state index in [9.17, 15) is 0 Å². The summed E-state index contributed by atoms with van der Waals surface area (Å²) in [5.41, 5.74) is 4.39. The van der Waals surface area contributed by atoms with Gasteiger partial charge in [0, 0.05) is 5.41 Å². The molecule has 0 heterocycles. The van der Waals surface area contributed by atoms with Gasteiger partial charge in [-0.1, -0.05) is 19.4 Å². The second-order valence-corrected chi connectivity index (χ2v) is 3.62. The molecule has 0 atom stereocenters. The van der Waals surface area contributed by atoms with Crippen molar-refractivity contribution in [2.75, 3.05) is 0 Å². The van der Waals surface area contributed by atoms with Crippen LogP contribution in [0, 0.1) is 11.5 Å². The molecule has 0 N–H and O–H groups in total. The molecule has 1 rings (SSSR count). The van der Waals surface area contributed by atoms with Crippen molar-refractivity contribution >= 4 is 0 Å². The largest absolute Gasteiger partial charge is 3.00 e. The van der Waals surface area contributed by atoms with Gasteiger partial charge < -0.3 is 37.2 Å². The zero-order chi connectivity index (χ0) is 7.94. The van der Waals surface area contributed by atoms with Crippen LogP contribution in [-0.2, 0) is 21.7 Å². The predicted molar refractivity (Wildman–Crippen MR) is 44.6 cm³/mol. The molecule has 0 nitrogen and oxygen atoms in total. The fourth-order valence-electron chi connectivity index (χ4n) is 1.41. The maximum absolute atomic E-state index is 3.44. The van der Waals surface area contributed by atoms with Crippen LogP contribution in [0.5, 0.6) is 0 Å². The molecule has 2 radical (unpaired) electrons. The molecular weight excluding hydrogens is 274 g/mol. The topological polar surface area (TPSA) is 0 Å². The Kier molecular flexibility index (Phi) is 14.3. The van der Waals surface area contributed by atoms with Crippen LogP contribution in [0.25, 0.3) is 0 Å². The van der Waals surface area contributed by atoms with Gasteiger partial charge in [-0.2, -0.15) is 0 Å². The number of halogens is 3.